The van der Waals surface area contributed by atoms with E-state index in [4.69, 9.17) is 5.73 Å². The van der Waals surface area contributed by atoms with Crippen LogP contribution in [0, 0.1) is 5.41 Å². The van der Waals surface area contributed by atoms with Crippen molar-refractivity contribution in [3.63, 3.8) is 0 Å². The van der Waals surface area contributed by atoms with Gasteiger partial charge in [0.1, 0.15) is 5.82 Å². The molecule has 28 heavy (non-hydrogen) atoms. The van der Waals surface area contributed by atoms with Gasteiger partial charge in [-0.25, -0.2) is 4.98 Å². The van der Waals surface area contributed by atoms with Crippen LogP contribution < -0.4 is 5.73 Å². The summed E-state index contributed by atoms with van der Waals surface area (Å²) in [6.45, 7) is 4.56. The van der Waals surface area contributed by atoms with Crippen LogP contribution in [0.15, 0.2) is 42.7 Å². The number of pyridine rings is 2. The van der Waals surface area contributed by atoms with Gasteiger partial charge in [-0.2, -0.15) is 0 Å². The third-order valence-electron chi connectivity index (χ3n) is 6.17. The number of nitrogen functional groups attached to an aromatic ring is 1. The molecule has 0 unspecified atom stereocenters. The largest absolute Gasteiger partial charge is 0.383 e. The highest BCUT2D eigenvalue weighted by Crippen LogP contribution is 2.39. The van der Waals surface area contributed by atoms with E-state index >= 15 is 0 Å². The molecule has 6 nitrogen and oxygen atoms in total. The number of nitrogens with zero attached hydrogens (tertiary/aromatic N) is 4. The van der Waals surface area contributed by atoms with Crippen molar-refractivity contribution in [2.75, 3.05) is 31.9 Å². The fourth-order valence-corrected chi connectivity index (χ4v) is 4.71. The van der Waals surface area contributed by atoms with Gasteiger partial charge < -0.3 is 10.6 Å². The molecule has 1 atom stereocenters. The number of anilines is 1. The van der Waals surface area contributed by atoms with Gasteiger partial charge >= 0.3 is 0 Å². The lowest BCUT2D eigenvalue weighted by molar-refractivity contribution is -0.139. The number of likely N-dealkylation sites (tertiary alicyclic amines) is 2. The van der Waals surface area contributed by atoms with Crippen molar-refractivity contribution in [1.82, 2.24) is 19.8 Å². The van der Waals surface area contributed by atoms with E-state index in [1.807, 2.05) is 30.5 Å². The minimum atomic E-state index is 0.202. The lowest BCUT2D eigenvalue weighted by Crippen LogP contribution is -2.54. The third kappa shape index (κ3) is 4.33. The van der Waals surface area contributed by atoms with Crippen molar-refractivity contribution in [2.24, 2.45) is 5.41 Å². The first-order valence-electron chi connectivity index (χ1n) is 10.2. The van der Waals surface area contributed by atoms with Crippen molar-refractivity contribution in [2.45, 2.75) is 38.6 Å². The molecule has 148 valence electrons. The molecule has 2 N–H and O–H groups in total. The maximum absolute atomic E-state index is 12.5. The summed E-state index contributed by atoms with van der Waals surface area (Å²) < 4.78 is 0. The quantitative estimate of drug-likeness (QED) is 0.864. The zero-order valence-electron chi connectivity index (χ0n) is 16.4. The number of nitrogens with two attached hydrogens (primary N) is 1. The molecular formula is C22H29N5O. The molecule has 2 aliphatic heterocycles. The van der Waals surface area contributed by atoms with E-state index in [2.05, 4.69) is 25.8 Å². The SMILES string of the molecule is Nc1ncccc1CN1CCC[C@@]2(CCC(=O)N(CCc3ccccn3)C2)C1. The van der Waals surface area contributed by atoms with Gasteiger partial charge in [0.15, 0.2) is 0 Å². The first kappa shape index (κ1) is 18.9. The van der Waals surface area contributed by atoms with Gasteiger partial charge in [0.05, 0.1) is 0 Å². The van der Waals surface area contributed by atoms with Crippen LogP contribution in [0.4, 0.5) is 5.82 Å². The van der Waals surface area contributed by atoms with Crippen molar-refractivity contribution in [1.29, 1.82) is 0 Å². The van der Waals surface area contributed by atoms with Crippen molar-refractivity contribution in [3.05, 3.63) is 54.0 Å². The maximum Gasteiger partial charge on any atom is 0.222 e. The van der Waals surface area contributed by atoms with Gasteiger partial charge in [-0.3, -0.25) is 14.7 Å². The maximum atomic E-state index is 12.5. The minimum absolute atomic E-state index is 0.202. The summed E-state index contributed by atoms with van der Waals surface area (Å²) in [4.78, 5) is 25.7. The molecule has 0 aromatic carbocycles. The summed E-state index contributed by atoms with van der Waals surface area (Å²) in [5.41, 5.74) is 8.39. The van der Waals surface area contributed by atoms with E-state index in [-0.39, 0.29) is 11.3 Å². The molecule has 4 heterocycles. The topological polar surface area (TPSA) is 75.3 Å². The second kappa shape index (κ2) is 8.27. The predicted octanol–water partition coefficient (Wildman–Crippen LogP) is 2.51. The van der Waals surface area contributed by atoms with Gasteiger partial charge in [-0.15, -0.1) is 0 Å². The number of piperidine rings is 2. The molecule has 0 radical (unpaired) electrons. The van der Waals surface area contributed by atoms with Gasteiger partial charge in [0.25, 0.3) is 0 Å². The van der Waals surface area contributed by atoms with Crippen LogP contribution in [-0.4, -0.2) is 51.9 Å². The molecule has 2 aromatic heterocycles. The monoisotopic (exact) mass is 379 g/mol. The molecule has 0 bridgehead atoms. The Bertz CT molecular complexity index is 812. The normalized spacial score (nSPS) is 23.3. The van der Waals surface area contributed by atoms with Crippen molar-refractivity contribution in [3.8, 4) is 0 Å². The first-order chi connectivity index (χ1) is 13.6. The Hall–Kier alpha value is -2.47. The first-order valence-corrected chi connectivity index (χ1v) is 10.2. The second-order valence-electron chi connectivity index (χ2n) is 8.25. The van der Waals surface area contributed by atoms with E-state index < -0.39 is 0 Å². The molecule has 0 aliphatic carbocycles. The van der Waals surface area contributed by atoms with E-state index in [1.54, 1.807) is 6.20 Å². The molecule has 6 heteroatoms. The van der Waals surface area contributed by atoms with E-state index in [9.17, 15) is 4.79 Å². The Labute approximate surface area is 166 Å². The molecule has 4 rings (SSSR count). The summed E-state index contributed by atoms with van der Waals surface area (Å²) in [7, 11) is 0. The average molecular weight is 380 g/mol. The second-order valence-corrected chi connectivity index (χ2v) is 8.25. The Morgan fingerprint density at radius 1 is 1.07 bits per heavy atom. The van der Waals surface area contributed by atoms with Crippen LogP contribution in [0.3, 0.4) is 0 Å². The standard InChI is InChI=1S/C22H29N5O/c23-21-18(5-3-12-25-21)15-26-13-4-9-22(16-26)10-7-20(28)27(17-22)14-8-19-6-1-2-11-24-19/h1-3,5-6,11-12H,4,7-10,13-17H2,(H2,23,25)/t22-/m1/s1. The highest BCUT2D eigenvalue weighted by Gasteiger charge is 2.41. The van der Waals surface area contributed by atoms with Crippen LogP contribution in [-0.2, 0) is 17.8 Å². The Morgan fingerprint density at radius 3 is 2.79 bits per heavy atom. The van der Waals surface area contributed by atoms with E-state index in [0.29, 0.717) is 12.2 Å². The minimum Gasteiger partial charge on any atom is -0.383 e. The summed E-state index contributed by atoms with van der Waals surface area (Å²) in [6, 6.07) is 9.98. The molecule has 2 aromatic rings. The third-order valence-corrected chi connectivity index (χ3v) is 6.17. The fraction of sp³-hybridized carbons (Fsp3) is 0.500. The lowest BCUT2D eigenvalue weighted by atomic mass is 9.73. The van der Waals surface area contributed by atoms with Gasteiger partial charge in [0.2, 0.25) is 5.91 Å². The smallest absolute Gasteiger partial charge is 0.222 e. The summed E-state index contributed by atoms with van der Waals surface area (Å²) >= 11 is 0. The number of carbonyl (C=O) groups is 1. The predicted molar refractivity (Wildman–Crippen MR) is 109 cm³/mol. The summed E-state index contributed by atoms with van der Waals surface area (Å²) in [5.74, 6) is 0.910. The van der Waals surface area contributed by atoms with Gasteiger partial charge in [-0.1, -0.05) is 12.1 Å². The van der Waals surface area contributed by atoms with Crippen LogP contribution in [0.2, 0.25) is 0 Å². The average Bonchev–Trinajstić information content (AvgIpc) is 2.72. The molecule has 2 saturated heterocycles. The molecule has 1 spiro atoms. The molecule has 0 saturated carbocycles. The Kier molecular flexibility index (Phi) is 5.57. The lowest BCUT2D eigenvalue weighted by Gasteiger charge is -2.48. The number of aromatic nitrogens is 2. The van der Waals surface area contributed by atoms with Crippen LogP contribution >= 0.6 is 0 Å². The highest BCUT2D eigenvalue weighted by molar-refractivity contribution is 5.77. The number of hydrogen-bond acceptors (Lipinski definition) is 5. The molecule has 2 fully saturated rings. The van der Waals surface area contributed by atoms with Crippen LogP contribution in [0.5, 0.6) is 0 Å². The van der Waals surface area contributed by atoms with Crippen LogP contribution in [0.25, 0.3) is 0 Å². The fourth-order valence-electron chi connectivity index (χ4n) is 4.71. The molecule has 2 aliphatic rings. The van der Waals surface area contributed by atoms with E-state index in [0.717, 1.165) is 56.8 Å². The number of carbonyl (C=O) groups excluding carboxylic acids is 1. The zero-order valence-corrected chi connectivity index (χ0v) is 16.4. The number of rotatable bonds is 5. The van der Waals surface area contributed by atoms with Gasteiger partial charge in [-0.05, 0) is 44.0 Å². The Morgan fingerprint density at radius 2 is 1.96 bits per heavy atom. The molecular weight excluding hydrogens is 350 g/mol. The van der Waals surface area contributed by atoms with Crippen molar-refractivity contribution >= 4 is 11.7 Å². The van der Waals surface area contributed by atoms with Gasteiger partial charge in [0, 0.05) is 68.1 Å². The summed E-state index contributed by atoms with van der Waals surface area (Å²) in [5, 5.41) is 0. The number of hydrogen-bond donors (Lipinski definition) is 1. The molecule has 1 amide bonds. The van der Waals surface area contributed by atoms with E-state index in [1.165, 1.54) is 12.8 Å². The number of amides is 1. The Balaban J connectivity index is 1.40. The van der Waals surface area contributed by atoms with Crippen LogP contribution in [0.1, 0.15) is 36.9 Å². The zero-order chi connectivity index (χ0) is 19.4. The highest BCUT2D eigenvalue weighted by atomic mass is 16.2. The van der Waals surface area contributed by atoms with Crippen molar-refractivity contribution < 1.29 is 4.79 Å². The summed E-state index contributed by atoms with van der Waals surface area (Å²) in [6.07, 6.45) is 8.39.